The van der Waals surface area contributed by atoms with E-state index in [4.69, 9.17) is 21.1 Å². The zero-order valence-corrected chi connectivity index (χ0v) is 8.58. The monoisotopic (exact) mass is 214 g/mol. The van der Waals surface area contributed by atoms with Gasteiger partial charge in [-0.1, -0.05) is 12.1 Å². The van der Waals surface area contributed by atoms with E-state index in [-0.39, 0.29) is 12.5 Å². The Hall–Kier alpha value is -1.22. The van der Waals surface area contributed by atoms with Crippen LogP contribution in [0.4, 0.5) is 0 Å². The second kappa shape index (κ2) is 5.50. The van der Waals surface area contributed by atoms with Gasteiger partial charge in [-0.05, 0) is 17.7 Å². The molecule has 1 aromatic rings. The molecule has 0 radical (unpaired) electrons. The highest BCUT2D eigenvalue weighted by Gasteiger charge is 2.01. The van der Waals surface area contributed by atoms with Gasteiger partial charge in [0.05, 0.1) is 7.11 Å². The Bertz CT molecular complexity index is 312. The van der Waals surface area contributed by atoms with Crippen molar-refractivity contribution < 1.29 is 14.3 Å². The molecule has 1 aromatic carbocycles. The number of esters is 1. The fraction of sp³-hybridized carbons (Fsp3) is 0.300. The van der Waals surface area contributed by atoms with Gasteiger partial charge in [-0.3, -0.25) is 4.79 Å². The SMILES string of the molecule is COc1cccc(COC(=O)CCl)c1. The van der Waals surface area contributed by atoms with E-state index in [1.165, 1.54) is 0 Å². The van der Waals surface area contributed by atoms with Gasteiger partial charge in [-0.25, -0.2) is 0 Å². The molecule has 0 aliphatic rings. The lowest BCUT2D eigenvalue weighted by Gasteiger charge is -2.04. The summed E-state index contributed by atoms with van der Waals surface area (Å²) in [5, 5.41) is 0. The van der Waals surface area contributed by atoms with Gasteiger partial charge >= 0.3 is 5.97 Å². The summed E-state index contributed by atoms with van der Waals surface area (Å²) in [6.07, 6.45) is 0. The van der Waals surface area contributed by atoms with Crippen LogP contribution in [0, 0.1) is 0 Å². The van der Waals surface area contributed by atoms with E-state index in [2.05, 4.69) is 0 Å². The van der Waals surface area contributed by atoms with Crippen molar-refractivity contribution in [2.75, 3.05) is 13.0 Å². The van der Waals surface area contributed by atoms with E-state index in [1.54, 1.807) is 7.11 Å². The third kappa shape index (κ3) is 3.26. The van der Waals surface area contributed by atoms with Crippen LogP contribution in [0.5, 0.6) is 5.75 Å². The highest BCUT2D eigenvalue weighted by atomic mass is 35.5. The Balaban J connectivity index is 2.54. The summed E-state index contributed by atoms with van der Waals surface area (Å²) < 4.78 is 9.87. The van der Waals surface area contributed by atoms with E-state index in [0.717, 1.165) is 11.3 Å². The van der Waals surface area contributed by atoms with Crippen molar-refractivity contribution in [1.82, 2.24) is 0 Å². The van der Waals surface area contributed by atoms with Gasteiger partial charge in [0.1, 0.15) is 18.2 Å². The molecule has 0 aliphatic heterocycles. The van der Waals surface area contributed by atoms with Gasteiger partial charge in [0.25, 0.3) is 0 Å². The number of halogens is 1. The van der Waals surface area contributed by atoms with Gasteiger partial charge in [-0.15, -0.1) is 11.6 Å². The third-order valence-electron chi connectivity index (χ3n) is 1.64. The smallest absolute Gasteiger partial charge is 0.321 e. The Morgan fingerprint density at radius 2 is 2.29 bits per heavy atom. The van der Waals surface area contributed by atoms with Crippen molar-refractivity contribution in [2.45, 2.75) is 6.61 Å². The summed E-state index contributed by atoms with van der Waals surface area (Å²) >= 11 is 5.28. The van der Waals surface area contributed by atoms with Gasteiger partial charge in [-0.2, -0.15) is 0 Å². The molecule has 0 atom stereocenters. The number of alkyl halides is 1. The van der Waals surface area contributed by atoms with Crippen LogP contribution >= 0.6 is 11.6 Å². The van der Waals surface area contributed by atoms with Crippen molar-refractivity contribution in [1.29, 1.82) is 0 Å². The van der Waals surface area contributed by atoms with Crippen LogP contribution in [-0.4, -0.2) is 19.0 Å². The Morgan fingerprint density at radius 1 is 1.50 bits per heavy atom. The minimum absolute atomic E-state index is 0.121. The molecule has 0 heterocycles. The summed E-state index contributed by atoms with van der Waals surface area (Å²) in [5.74, 6) is 0.197. The molecule has 0 saturated carbocycles. The maximum absolute atomic E-state index is 10.8. The van der Waals surface area contributed by atoms with Crippen LogP contribution in [0.25, 0.3) is 0 Å². The lowest BCUT2D eigenvalue weighted by atomic mass is 10.2. The van der Waals surface area contributed by atoms with Crippen molar-refractivity contribution in [2.24, 2.45) is 0 Å². The van der Waals surface area contributed by atoms with Crippen molar-refractivity contribution in [3.05, 3.63) is 29.8 Å². The van der Waals surface area contributed by atoms with Crippen LogP contribution < -0.4 is 4.74 Å². The largest absolute Gasteiger partial charge is 0.497 e. The van der Waals surface area contributed by atoms with E-state index < -0.39 is 5.97 Å². The van der Waals surface area contributed by atoms with Gasteiger partial charge < -0.3 is 9.47 Å². The number of benzene rings is 1. The molecule has 14 heavy (non-hydrogen) atoms. The number of rotatable bonds is 4. The molecule has 0 aliphatic carbocycles. The predicted molar refractivity (Wildman–Crippen MR) is 53.5 cm³/mol. The second-order valence-electron chi connectivity index (χ2n) is 2.65. The highest BCUT2D eigenvalue weighted by Crippen LogP contribution is 2.13. The van der Waals surface area contributed by atoms with Crippen molar-refractivity contribution in [3.63, 3.8) is 0 Å². The summed E-state index contributed by atoms with van der Waals surface area (Å²) in [7, 11) is 1.59. The van der Waals surface area contributed by atoms with Gasteiger partial charge in [0.15, 0.2) is 0 Å². The van der Waals surface area contributed by atoms with E-state index in [0.29, 0.717) is 0 Å². The molecule has 0 spiro atoms. The predicted octanol–water partition coefficient (Wildman–Crippen LogP) is 1.98. The molecular formula is C10H11ClO3. The van der Waals surface area contributed by atoms with E-state index in [1.807, 2.05) is 24.3 Å². The maximum Gasteiger partial charge on any atom is 0.321 e. The summed E-state index contributed by atoms with van der Waals surface area (Å²) in [4.78, 5) is 10.8. The lowest BCUT2D eigenvalue weighted by Crippen LogP contribution is -2.05. The molecule has 0 unspecified atom stereocenters. The number of hydrogen-bond donors (Lipinski definition) is 0. The van der Waals surface area contributed by atoms with E-state index in [9.17, 15) is 4.79 Å². The average Bonchev–Trinajstić information content (AvgIpc) is 2.26. The fourth-order valence-electron chi connectivity index (χ4n) is 0.965. The molecule has 3 nitrogen and oxygen atoms in total. The first kappa shape index (κ1) is 10.9. The molecule has 0 saturated heterocycles. The van der Waals surface area contributed by atoms with Crippen molar-refractivity contribution >= 4 is 17.6 Å². The molecule has 0 bridgehead atoms. The third-order valence-corrected chi connectivity index (χ3v) is 1.86. The van der Waals surface area contributed by atoms with E-state index >= 15 is 0 Å². The number of hydrogen-bond acceptors (Lipinski definition) is 3. The van der Waals surface area contributed by atoms with Crippen LogP contribution in [0.3, 0.4) is 0 Å². The molecule has 0 N–H and O–H groups in total. The Kier molecular flexibility index (Phi) is 4.26. The number of methoxy groups -OCH3 is 1. The van der Waals surface area contributed by atoms with Gasteiger partial charge in [0, 0.05) is 0 Å². The number of ether oxygens (including phenoxy) is 2. The molecule has 4 heteroatoms. The topological polar surface area (TPSA) is 35.5 Å². The van der Waals surface area contributed by atoms with Crippen LogP contribution in [-0.2, 0) is 16.1 Å². The fourth-order valence-corrected chi connectivity index (χ4v) is 1.04. The minimum atomic E-state index is -0.422. The standard InChI is InChI=1S/C10H11ClO3/c1-13-9-4-2-3-8(5-9)7-14-10(12)6-11/h2-5H,6-7H2,1H3. The molecular weight excluding hydrogens is 204 g/mol. The second-order valence-corrected chi connectivity index (χ2v) is 2.91. The minimum Gasteiger partial charge on any atom is -0.497 e. The molecule has 0 fully saturated rings. The van der Waals surface area contributed by atoms with Crippen LogP contribution in [0.15, 0.2) is 24.3 Å². The average molecular weight is 215 g/mol. The van der Waals surface area contributed by atoms with Crippen LogP contribution in [0.2, 0.25) is 0 Å². The lowest BCUT2D eigenvalue weighted by molar-refractivity contribution is -0.141. The van der Waals surface area contributed by atoms with Crippen LogP contribution in [0.1, 0.15) is 5.56 Å². The first-order valence-electron chi connectivity index (χ1n) is 4.11. The quantitative estimate of drug-likeness (QED) is 0.568. The molecule has 1 rings (SSSR count). The molecule has 0 amide bonds. The summed E-state index contributed by atoms with van der Waals surface area (Å²) in [5.41, 5.74) is 0.878. The zero-order valence-electron chi connectivity index (χ0n) is 7.83. The zero-order chi connectivity index (χ0) is 10.4. The number of carbonyl (C=O) groups is 1. The maximum atomic E-state index is 10.8. The molecule has 76 valence electrons. The first-order valence-corrected chi connectivity index (χ1v) is 4.64. The number of carbonyl (C=O) groups excluding carboxylic acids is 1. The Morgan fingerprint density at radius 3 is 2.93 bits per heavy atom. The summed E-state index contributed by atoms with van der Waals surface area (Å²) in [6, 6.07) is 7.32. The van der Waals surface area contributed by atoms with Gasteiger partial charge in [0.2, 0.25) is 0 Å². The Labute approximate surface area is 87.6 Å². The molecule has 0 aromatic heterocycles. The highest BCUT2D eigenvalue weighted by molar-refractivity contribution is 6.26. The normalized spacial score (nSPS) is 9.57. The van der Waals surface area contributed by atoms with Crippen molar-refractivity contribution in [3.8, 4) is 5.75 Å². The summed E-state index contributed by atoms with van der Waals surface area (Å²) in [6.45, 7) is 0.225. The first-order chi connectivity index (χ1) is 6.76.